The molecule has 0 aromatic carbocycles. The van der Waals surface area contributed by atoms with Crippen LogP contribution in [0, 0.1) is 0 Å². The highest BCUT2D eigenvalue weighted by molar-refractivity contribution is 7.81. The summed E-state index contributed by atoms with van der Waals surface area (Å²) >= 11 is 0. The summed E-state index contributed by atoms with van der Waals surface area (Å²) in [6.45, 7) is 6.06. The van der Waals surface area contributed by atoms with Crippen LogP contribution in [0.2, 0.25) is 0 Å². The number of nitrogens with one attached hydrogen (secondary N) is 2. The molecule has 2 atom stereocenters. The molecule has 0 amide bonds. The minimum atomic E-state index is -2.65. The average molecular weight is 395 g/mol. The van der Waals surface area contributed by atoms with Gasteiger partial charge in [0.2, 0.25) is 15.0 Å². The highest BCUT2D eigenvalue weighted by Crippen LogP contribution is 2.78. The molecule has 0 radical (unpaired) electrons. The van der Waals surface area contributed by atoms with Gasteiger partial charge in [0.1, 0.15) is 0 Å². The van der Waals surface area contributed by atoms with Crippen molar-refractivity contribution >= 4 is 22.7 Å². The Morgan fingerprint density at radius 3 is 1.75 bits per heavy atom. The van der Waals surface area contributed by atoms with E-state index in [0.29, 0.717) is 0 Å². The summed E-state index contributed by atoms with van der Waals surface area (Å²) in [6.07, 6.45) is 4.63. The van der Waals surface area contributed by atoms with E-state index < -0.39 is 22.7 Å². The second-order valence-electron chi connectivity index (χ2n) is 6.40. The Balaban J connectivity index is 1.98. The first-order valence-corrected chi connectivity index (χ1v) is 13.5. The van der Waals surface area contributed by atoms with Crippen molar-refractivity contribution in [1.82, 2.24) is 19.5 Å². The quantitative estimate of drug-likeness (QED) is 0.696. The van der Waals surface area contributed by atoms with Crippen LogP contribution in [0.5, 0.6) is 0 Å². The van der Waals surface area contributed by atoms with E-state index in [0.717, 1.165) is 52.1 Å². The van der Waals surface area contributed by atoms with E-state index in [-0.39, 0.29) is 0 Å². The Kier molecular flexibility index (Phi) is 5.11. The van der Waals surface area contributed by atoms with E-state index in [1.165, 1.54) is 12.8 Å². The van der Waals surface area contributed by atoms with Crippen LogP contribution in [-0.4, -0.2) is 62.8 Å². The largest absolute Gasteiger partial charge is 0.345 e. The number of hydrogen-bond donors (Lipinski definition) is 2. The molecule has 0 saturated carbocycles. The molecule has 2 bridgehead atoms. The van der Waals surface area contributed by atoms with Gasteiger partial charge >= 0.3 is 7.66 Å². The Bertz CT molecular complexity index is 638. The Morgan fingerprint density at radius 1 is 0.708 bits per heavy atom. The zero-order valence-corrected chi connectivity index (χ0v) is 17.1. The van der Waals surface area contributed by atoms with Crippen LogP contribution in [0.4, 0.5) is 0 Å². The molecule has 2 N–H and O–H groups in total. The van der Waals surface area contributed by atoms with Crippen molar-refractivity contribution < 1.29 is 9.05 Å². The maximum Gasteiger partial charge on any atom is 0.345 e. The van der Waals surface area contributed by atoms with E-state index in [1.54, 1.807) is 14.2 Å². The SMILES string of the molecule is COP1(OC)=NP23=NP4(=N1)NCCCN4CCCCN2CCCN3. The molecular formula is C12H28N7O2P3. The molecule has 9 nitrogen and oxygen atoms in total. The minimum Gasteiger partial charge on any atom is -0.310 e. The second-order valence-corrected chi connectivity index (χ2v) is 14.3. The first-order valence-electron chi connectivity index (χ1n) is 8.70. The molecule has 2 saturated heterocycles. The molecule has 2 fully saturated rings. The van der Waals surface area contributed by atoms with Crippen LogP contribution in [0.1, 0.15) is 25.7 Å². The predicted molar refractivity (Wildman–Crippen MR) is 99.7 cm³/mol. The van der Waals surface area contributed by atoms with E-state index in [1.807, 2.05) is 0 Å². The first kappa shape index (κ1) is 17.8. The van der Waals surface area contributed by atoms with Gasteiger partial charge in [-0.05, 0) is 25.7 Å². The van der Waals surface area contributed by atoms with E-state index in [9.17, 15) is 0 Å². The molecule has 4 rings (SSSR count). The van der Waals surface area contributed by atoms with Gasteiger partial charge in [0.05, 0.1) is 0 Å². The van der Waals surface area contributed by atoms with Gasteiger partial charge in [0, 0.05) is 53.5 Å². The third kappa shape index (κ3) is 2.92. The molecule has 0 aromatic rings. The number of nitrogens with zero attached hydrogens (tertiary/aromatic N) is 5. The lowest BCUT2D eigenvalue weighted by molar-refractivity contribution is 0.328. The predicted octanol–water partition coefficient (Wildman–Crippen LogP) is 3.52. The lowest BCUT2D eigenvalue weighted by Gasteiger charge is -2.45. The third-order valence-electron chi connectivity index (χ3n) is 4.91. The topological polar surface area (TPSA) is 86.1 Å². The van der Waals surface area contributed by atoms with Crippen LogP contribution in [-0.2, 0) is 9.05 Å². The van der Waals surface area contributed by atoms with Crippen molar-refractivity contribution in [2.24, 2.45) is 13.5 Å². The molecule has 138 valence electrons. The fourth-order valence-electron chi connectivity index (χ4n) is 3.67. The van der Waals surface area contributed by atoms with Gasteiger partial charge in [0.25, 0.3) is 0 Å². The number of rotatable bonds is 2. The zero-order valence-electron chi connectivity index (χ0n) is 14.5. The summed E-state index contributed by atoms with van der Waals surface area (Å²) in [5, 5.41) is 7.37. The molecular weight excluding hydrogens is 367 g/mol. The molecule has 2 unspecified atom stereocenters. The van der Waals surface area contributed by atoms with E-state index in [2.05, 4.69) is 19.5 Å². The maximum absolute atomic E-state index is 5.81. The molecule has 2 spiro atoms. The van der Waals surface area contributed by atoms with Crippen LogP contribution in [0.3, 0.4) is 0 Å². The molecule has 4 aliphatic rings. The van der Waals surface area contributed by atoms with Crippen LogP contribution < -0.4 is 10.2 Å². The average Bonchev–Trinajstić information content (AvgIpc) is 2.65. The Labute approximate surface area is 144 Å². The monoisotopic (exact) mass is 395 g/mol. The number of hydrogen-bond acceptors (Lipinski definition) is 9. The van der Waals surface area contributed by atoms with E-state index in [4.69, 9.17) is 22.6 Å². The third-order valence-corrected chi connectivity index (χ3v) is 15.3. The summed E-state index contributed by atoms with van der Waals surface area (Å²) in [5.74, 6) is 0. The fourth-order valence-corrected chi connectivity index (χ4v) is 16.1. The molecule has 24 heavy (non-hydrogen) atoms. The summed E-state index contributed by atoms with van der Waals surface area (Å²) in [7, 11) is -3.73. The second kappa shape index (κ2) is 6.88. The van der Waals surface area contributed by atoms with Gasteiger partial charge in [-0.25, -0.2) is 9.34 Å². The maximum atomic E-state index is 5.81. The molecule has 0 aliphatic carbocycles. The van der Waals surface area contributed by atoms with Crippen LogP contribution in [0.25, 0.3) is 0 Å². The van der Waals surface area contributed by atoms with Crippen LogP contribution in [0.15, 0.2) is 13.5 Å². The zero-order chi connectivity index (χ0) is 16.7. The highest BCUT2D eigenvalue weighted by Gasteiger charge is 2.45. The lowest BCUT2D eigenvalue weighted by Crippen LogP contribution is -2.38. The van der Waals surface area contributed by atoms with E-state index >= 15 is 0 Å². The molecule has 12 heteroatoms. The lowest BCUT2D eigenvalue weighted by atomic mass is 10.3. The minimum absolute atomic E-state index is 0.949. The van der Waals surface area contributed by atoms with Gasteiger partial charge < -0.3 is 9.05 Å². The van der Waals surface area contributed by atoms with Gasteiger partial charge in [-0.15, -0.1) is 0 Å². The van der Waals surface area contributed by atoms with Crippen molar-refractivity contribution in [3.8, 4) is 0 Å². The highest BCUT2D eigenvalue weighted by atomic mass is 31.3. The first-order chi connectivity index (χ1) is 11.7. The summed E-state index contributed by atoms with van der Waals surface area (Å²) in [4.78, 5) is 0. The fraction of sp³-hybridized carbons (Fsp3) is 1.00. The van der Waals surface area contributed by atoms with Crippen molar-refractivity contribution in [2.75, 3.05) is 53.5 Å². The van der Waals surface area contributed by atoms with Crippen molar-refractivity contribution in [1.29, 1.82) is 0 Å². The van der Waals surface area contributed by atoms with Gasteiger partial charge in [-0.2, -0.15) is 13.5 Å². The summed E-state index contributed by atoms with van der Waals surface area (Å²) in [6, 6.07) is 0. The van der Waals surface area contributed by atoms with Gasteiger partial charge in [0.15, 0.2) is 0 Å². The molecule has 4 heterocycles. The molecule has 0 aromatic heterocycles. The smallest absolute Gasteiger partial charge is 0.310 e. The normalized spacial score (nSPS) is 39.8. The Hall–Kier alpha value is 0.450. The standard InChI is InChI=1S/C12H28N7O2P3/c1-20-24(21-2)16-22-13-7-5-11-18(22)9-3-4-10-19-12-6-8-14-23(19,15-22)17-24/h13-14H,3-12H2,1-2H3. The Morgan fingerprint density at radius 2 is 1.21 bits per heavy atom. The van der Waals surface area contributed by atoms with Crippen molar-refractivity contribution in [3.63, 3.8) is 0 Å². The van der Waals surface area contributed by atoms with Crippen molar-refractivity contribution in [3.05, 3.63) is 0 Å². The van der Waals surface area contributed by atoms with Crippen LogP contribution >= 0.6 is 22.7 Å². The van der Waals surface area contributed by atoms with Gasteiger partial charge in [-0.1, -0.05) is 0 Å². The van der Waals surface area contributed by atoms with Gasteiger partial charge in [-0.3, -0.25) is 10.2 Å². The van der Waals surface area contributed by atoms with Crippen molar-refractivity contribution in [2.45, 2.75) is 25.7 Å². The summed E-state index contributed by atoms with van der Waals surface area (Å²) < 4.78 is 32.1. The molecule has 4 aliphatic heterocycles. The summed E-state index contributed by atoms with van der Waals surface area (Å²) in [5.41, 5.74) is 0.